The molecule has 0 unspecified atom stereocenters. The molecule has 2 amide bonds. The van der Waals surface area contributed by atoms with Crippen molar-refractivity contribution in [2.75, 3.05) is 32.7 Å². The van der Waals surface area contributed by atoms with Crippen molar-refractivity contribution in [2.45, 2.75) is 57.4 Å². The molecule has 1 aromatic rings. The molecule has 3 aliphatic rings. The van der Waals surface area contributed by atoms with E-state index in [0.717, 1.165) is 84.1 Å². The smallest absolute Gasteiger partial charge is 0.225 e. The summed E-state index contributed by atoms with van der Waals surface area (Å²) in [6.07, 6.45) is 11.9. The minimum atomic E-state index is 0.105. The minimum absolute atomic E-state index is 0.105. The molecule has 3 fully saturated rings. The van der Waals surface area contributed by atoms with Crippen molar-refractivity contribution >= 4 is 11.8 Å². The van der Waals surface area contributed by atoms with E-state index in [0.29, 0.717) is 17.9 Å². The summed E-state index contributed by atoms with van der Waals surface area (Å²) in [6.45, 7) is 4.47. The highest BCUT2D eigenvalue weighted by Gasteiger charge is 2.37. The Labute approximate surface area is 174 Å². The van der Waals surface area contributed by atoms with Crippen LogP contribution in [0.15, 0.2) is 24.5 Å². The molecule has 6 nitrogen and oxygen atoms in total. The third kappa shape index (κ3) is 5.56. The lowest BCUT2D eigenvalue weighted by molar-refractivity contribution is -0.134. The highest BCUT2D eigenvalue weighted by atomic mass is 16.2. The molecule has 1 aliphatic carbocycles. The van der Waals surface area contributed by atoms with Crippen LogP contribution in [0.4, 0.5) is 0 Å². The van der Waals surface area contributed by atoms with Gasteiger partial charge in [0.25, 0.3) is 0 Å². The summed E-state index contributed by atoms with van der Waals surface area (Å²) in [5.74, 6) is 1.02. The maximum absolute atomic E-state index is 12.7. The molecule has 1 saturated carbocycles. The van der Waals surface area contributed by atoms with E-state index >= 15 is 0 Å². The number of hydrogen-bond donors (Lipinski definition) is 1. The Bertz CT molecular complexity index is 683. The van der Waals surface area contributed by atoms with Gasteiger partial charge in [-0.3, -0.25) is 19.5 Å². The topological polar surface area (TPSA) is 65.5 Å². The van der Waals surface area contributed by atoms with Crippen LogP contribution in [0.2, 0.25) is 0 Å². The number of amides is 2. The predicted molar refractivity (Wildman–Crippen MR) is 112 cm³/mol. The van der Waals surface area contributed by atoms with Crippen molar-refractivity contribution in [3.05, 3.63) is 30.1 Å². The standard InChI is InChI=1S/C23H34N4O2/c28-22(25-12-2-5-18-4-1-11-24-16-18)20-6-3-13-27(17-20)21-9-14-26(15-10-21)23(29)19-7-8-19/h1,4,11,16,19-21H,2-3,5-10,12-15,17H2,(H,25,28)/t20-/m1/s1. The van der Waals surface area contributed by atoms with Gasteiger partial charge in [0.15, 0.2) is 0 Å². The van der Waals surface area contributed by atoms with E-state index in [1.807, 2.05) is 12.3 Å². The predicted octanol–water partition coefficient (Wildman–Crippen LogP) is 2.24. The number of pyridine rings is 1. The summed E-state index contributed by atoms with van der Waals surface area (Å²) in [6, 6.07) is 4.56. The molecule has 6 heteroatoms. The summed E-state index contributed by atoms with van der Waals surface area (Å²) in [4.78, 5) is 33.6. The number of nitrogens with one attached hydrogen (secondary N) is 1. The molecule has 0 spiro atoms. The number of aromatic nitrogens is 1. The van der Waals surface area contributed by atoms with Crippen molar-refractivity contribution in [1.82, 2.24) is 20.1 Å². The first kappa shape index (κ1) is 20.3. The van der Waals surface area contributed by atoms with Gasteiger partial charge in [-0.15, -0.1) is 0 Å². The van der Waals surface area contributed by atoms with Gasteiger partial charge in [-0.2, -0.15) is 0 Å². The van der Waals surface area contributed by atoms with Gasteiger partial charge in [-0.1, -0.05) is 6.07 Å². The summed E-state index contributed by atoms with van der Waals surface area (Å²) >= 11 is 0. The lowest BCUT2D eigenvalue weighted by Crippen LogP contribution is -2.51. The summed E-state index contributed by atoms with van der Waals surface area (Å²) in [5.41, 5.74) is 1.22. The Kier molecular flexibility index (Phi) is 6.80. The van der Waals surface area contributed by atoms with Gasteiger partial charge in [-0.05, 0) is 69.5 Å². The largest absolute Gasteiger partial charge is 0.356 e. The highest BCUT2D eigenvalue weighted by Crippen LogP contribution is 2.32. The van der Waals surface area contributed by atoms with Crippen molar-refractivity contribution in [1.29, 1.82) is 0 Å². The van der Waals surface area contributed by atoms with Crippen LogP contribution in [-0.2, 0) is 16.0 Å². The van der Waals surface area contributed by atoms with Crippen LogP contribution in [0.5, 0.6) is 0 Å². The van der Waals surface area contributed by atoms with Crippen LogP contribution in [0.1, 0.15) is 50.5 Å². The maximum atomic E-state index is 12.7. The van der Waals surface area contributed by atoms with Gasteiger partial charge in [0.05, 0.1) is 5.92 Å². The average Bonchev–Trinajstić information content (AvgIpc) is 3.62. The summed E-state index contributed by atoms with van der Waals surface area (Å²) < 4.78 is 0. The van der Waals surface area contributed by atoms with Crippen LogP contribution in [0, 0.1) is 11.8 Å². The van der Waals surface area contributed by atoms with Crippen LogP contribution >= 0.6 is 0 Å². The first-order valence-electron chi connectivity index (χ1n) is 11.4. The molecule has 0 aromatic carbocycles. The van der Waals surface area contributed by atoms with Crippen molar-refractivity contribution in [2.24, 2.45) is 11.8 Å². The van der Waals surface area contributed by atoms with E-state index in [-0.39, 0.29) is 11.8 Å². The molecular weight excluding hydrogens is 364 g/mol. The van der Waals surface area contributed by atoms with Crippen LogP contribution < -0.4 is 5.32 Å². The molecular formula is C23H34N4O2. The zero-order valence-corrected chi connectivity index (χ0v) is 17.4. The molecule has 158 valence electrons. The normalized spacial score (nSPS) is 23.7. The van der Waals surface area contributed by atoms with Gasteiger partial charge < -0.3 is 10.2 Å². The van der Waals surface area contributed by atoms with Gasteiger partial charge in [0.1, 0.15) is 0 Å². The van der Waals surface area contributed by atoms with Gasteiger partial charge in [-0.25, -0.2) is 0 Å². The van der Waals surface area contributed by atoms with Gasteiger partial charge in [0, 0.05) is 50.5 Å². The Hall–Kier alpha value is -1.95. The van der Waals surface area contributed by atoms with Crippen LogP contribution in [0.25, 0.3) is 0 Å². The Morgan fingerprint density at radius 2 is 1.90 bits per heavy atom. The number of nitrogens with zero attached hydrogens (tertiary/aromatic N) is 3. The molecule has 2 aliphatic heterocycles. The first-order chi connectivity index (χ1) is 14.2. The third-order valence-electron chi connectivity index (χ3n) is 6.71. The fourth-order valence-electron chi connectivity index (χ4n) is 4.79. The monoisotopic (exact) mass is 398 g/mol. The second-order valence-corrected chi connectivity index (χ2v) is 8.92. The molecule has 4 rings (SSSR count). The molecule has 1 N–H and O–H groups in total. The number of likely N-dealkylation sites (tertiary alicyclic amines) is 2. The number of hydrogen-bond acceptors (Lipinski definition) is 4. The minimum Gasteiger partial charge on any atom is -0.356 e. The zero-order chi connectivity index (χ0) is 20.1. The Balaban J connectivity index is 1.17. The summed E-state index contributed by atoms with van der Waals surface area (Å²) in [5, 5.41) is 3.15. The number of rotatable bonds is 7. The highest BCUT2D eigenvalue weighted by molar-refractivity contribution is 5.81. The molecule has 0 bridgehead atoms. The fraction of sp³-hybridized carbons (Fsp3) is 0.696. The molecule has 2 saturated heterocycles. The van der Waals surface area contributed by atoms with E-state index in [1.165, 1.54) is 5.56 Å². The van der Waals surface area contributed by atoms with E-state index < -0.39 is 0 Å². The van der Waals surface area contributed by atoms with Crippen molar-refractivity contribution in [3.63, 3.8) is 0 Å². The Morgan fingerprint density at radius 3 is 2.62 bits per heavy atom. The molecule has 0 radical (unpaired) electrons. The lowest BCUT2D eigenvalue weighted by atomic mass is 9.93. The van der Waals surface area contributed by atoms with Crippen LogP contribution in [0.3, 0.4) is 0 Å². The average molecular weight is 399 g/mol. The molecule has 3 heterocycles. The van der Waals surface area contributed by atoms with E-state index in [2.05, 4.69) is 26.2 Å². The maximum Gasteiger partial charge on any atom is 0.225 e. The van der Waals surface area contributed by atoms with E-state index in [1.54, 1.807) is 6.20 Å². The van der Waals surface area contributed by atoms with Gasteiger partial charge in [0.2, 0.25) is 11.8 Å². The lowest BCUT2D eigenvalue weighted by Gasteiger charge is -2.42. The molecule has 1 aromatic heterocycles. The van der Waals surface area contributed by atoms with Crippen molar-refractivity contribution < 1.29 is 9.59 Å². The fourth-order valence-corrected chi connectivity index (χ4v) is 4.79. The second-order valence-electron chi connectivity index (χ2n) is 8.92. The Morgan fingerprint density at radius 1 is 1.07 bits per heavy atom. The number of carbonyl (C=O) groups is 2. The zero-order valence-electron chi connectivity index (χ0n) is 17.4. The van der Waals surface area contributed by atoms with Crippen LogP contribution in [-0.4, -0.2) is 65.4 Å². The van der Waals surface area contributed by atoms with E-state index in [4.69, 9.17) is 0 Å². The third-order valence-corrected chi connectivity index (χ3v) is 6.71. The summed E-state index contributed by atoms with van der Waals surface area (Å²) in [7, 11) is 0. The van der Waals surface area contributed by atoms with Gasteiger partial charge >= 0.3 is 0 Å². The molecule has 1 atom stereocenters. The van der Waals surface area contributed by atoms with Crippen molar-refractivity contribution in [3.8, 4) is 0 Å². The SMILES string of the molecule is O=C(NCCCc1cccnc1)[C@@H]1CCCN(C2CCN(C(=O)C3CC3)CC2)C1. The second kappa shape index (κ2) is 9.70. The van der Waals surface area contributed by atoms with E-state index in [9.17, 15) is 9.59 Å². The molecule has 29 heavy (non-hydrogen) atoms. The number of carbonyl (C=O) groups excluding carboxylic acids is 2. The number of piperidine rings is 2. The first-order valence-corrected chi connectivity index (χ1v) is 11.4. The quantitative estimate of drug-likeness (QED) is 0.716. The number of aryl methyl sites for hydroxylation is 1.